The fraction of sp³-hybridized carbons (Fsp3) is 0.500. The zero-order valence-corrected chi connectivity index (χ0v) is 7.21. The molecule has 0 aliphatic rings. The molecule has 6 heteroatoms. The van der Waals surface area contributed by atoms with Crippen LogP contribution in [0.2, 0.25) is 0 Å². The lowest BCUT2D eigenvalue weighted by molar-refractivity contribution is 0.204. The molecule has 0 radical (unpaired) electrons. The van der Waals surface area contributed by atoms with E-state index in [1.54, 1.807) is 0 Å². The average molecular weight is 189 g/mol. The molecular formula is C6H11N3O2S. The Hall–Kier alpha value is -0.850. The number of nitrogen functional groups attached to an aromatic ring is 1. The number of nitrogens with zero attached hydrogens (tertiary/aromatic N) is 1. The molecular weight excluding hydrogens is 178 g/mol. The summed E-state index contributed by atoms with van der Waals surface area (Å²) in [5, 5.41) is 21.5. The van der Waals surface area contributed by atoms with Gasteiger partial charge in [-0.15, -0.1) is 0 Å². The van der Waals surface area contributed by atoms with E-state index in [9.17, 15) is 0 Å². The molecule has 5 N–H and O–H groups in total. The van der Waals surface area contributed by atoms with Crippen LogP contribution in [0.15, 0.2) is 6.20 Å². The maximum atomic E-state index is 8.72. The summed E-state index contributed by atoms with van der Waals surface area (Å²) in [6.45, 7) is -0.258. The number of aliphatic hydroxyl groups is 2. The molecule has 0 atom stereocenters. The highest BCUT2D eigenvalue weighted by molar-refractivity contribution is 7.19. The summed E-state index contributed by atoms with van der Waals surface area (Å²) < 4.78 is 0. The van der Waals surface area contributed by atoms with E-state index in [1.165, 1.54) is 17.5 Å². The molecule has 68 valence electrons. The van der Waals surface area contributed by atoms with Crippen molar-refractivity contribution < 1.29 is 10.2 Å². The van der Waals surface area contributed by atoms with Crippen LogP contribution in [0, 0.1) is 0 Å². The van der Waals surface area contributed by atoms with Crippen molar-refractivity contribution in [3.05, 3.63) is 6.20 Å². The smallest absolute Gasteiger partial charge is 0.184 e. The topological polar surface area (TPSA) is 91.4 Å². The summed E-state index contributed by atoms with van der Waals surface area (Å²) in [6, 6.07) is -0.365. The van der Waals surface area contributed by atoms with Crippen LogP contribution in [0.1, 0.15) is 0 Å². The SMILES string of the molecule is Nc1cnc(NC(CO)CO)s1. The van der Waals surface area contributed by atoms with Crippen molar-refractivity contribution in [1.82, 2.24) is 4.98 Å². The summed E-state index contributed by atoms with van der Waals surface area (Å²) in [6.07, 6.45) is 1.53. The Bertz CT molecular complexity index is 236. The molecule has 0 aromatic carbocycles. The fourth-order valence-corrected chi connectivity index (χ4v) is 1.34. The summed E-state index contributed by atoms with van der Waals surface area (Å²) in [5.74, 6) is 0. The lowest BCUT2D eigenvalue weighted by Gasteiger charge is -2.10. The number of rotatable bonds is 4. The minimum absolute atomic E-state index is 0.129. The molecule has 12 heavy (non-hydrogen) atoms. The van der Waals surface area contributed by atoms with Crippen molar-refractivity contribution in [2.45, 2.75) is 6.04 Å². The third kappa shape index (κ3) is 2.33. The van der Waals surface area contributed by atoms with E-state index in [2.05, 4.69) is 10.3 Å². The highest BCUT2D eigenvalue weighted by atomic mass is 32.1. The monoisotopic (exact) mass is 189 g/mol. The van der Waals surface area contributed by atoms with Gasteiger partial charge in [0.15, 0.2) is 5.13 Å². The largest absolute Gasteiger partial charge is 0.394 e. The van der Waals surface area contributed by atoms with Crippen molar-refractivity contribution in [2.75, 3.05) is 24.3 Å². The molecule has 0 spiro atoms. The maximum Gasteiger partial charge on any atom is 0.184 e. The van der Waals surface area contributed by atoms with Gasteiger partial charge in [0.25, 0.3) is 0 Å². The zero-order valence-electron chi connectivity index (χ0n) is 6.40. The number of anilines is 2. The molecule has 0 fully saturated rings. The quantitative estimate of drug-likeness (QED) is 0.512. The molecule has 1 rings (SSSR count). The van der Waals surface area contributed by atoms with Crippen LogP contribution < -0.4 is 11.1 Å². The van der Waals surface area contributed by atoms with Crippen LogP contribution in [0.25, 0.3) is 0 Å². The van der Waals surface area contributed by atoms with Gasteiger partial charge < -0.3 is 21.3 Å². The second-order valence-electron chi connectivity index (χ2n) is 2.27. The summed E-state index contributed by atoms with van der Waals surface area (Å²) in [7, 11) is 0. The Labute approximate surface area is 73.9 Å². The molecule has 0 saturated carbocycles. The molecule has 0 saturated heterocycles. The van der Waals surface area contributed by atoms with Gasteiger partial charge in [-0.25, -0.2) is 4.98 Å². The Morgan fingerprint density at radius 2 is 2.25 bits per heavy atom. The molecule has 1 heterocycles. The normalized spacial score (nSPS) is 10.6. The number of hydrogen-bond acceptors (Lipinski definition) is 6. The highest BCUT2D eigenvalue weighted by Crippen LogP contribution is 2.19. The van der Waals surface area contributed by atoms with E-state index in [1.807, 2.05) is 0 Å². The number of nitrogens with one attached hydrogen (secondary N) is 1. The minimum Gasteiger partial charge on any atom is -0.394 e. The van der Waals surface area contributed by atoms with Gasteiger partial charge in [-0.3, -0.25) is 0 Å². The van der Waals surface area contributed by atoms with E-state index in [0.717, 1.165) is 0 Å². The molecule has 5 nitrogen and oxygen atoms in total. The molecule has 0 aliphatic heterocycles. The van der Waals surface area contributed by atoms with Gasteiger partial charge in [0.1, 0.15) is 5.00 Å². The standard InChI is InChI=1S/C6H11N3O2S/c7-5-1-8-6(12-5)9-4(2-10)3-11/h1,4,10-11H,2-3,7H2,(H,8,9). The van der Waals surface area contributed by atoms with Gasteiger partial charge in [-0.2, -0.15) is 0 Å². The number of aromatic nitrogens is 1. The first kappa shape index (κ1) is 9.24. The van der Waals surface area contributed by atoms with Crippen molar-refractivity contribution in [1.29, 1.82) is 0 Å². The predicted octanol–water partition coefficient (Wildman–Crippen LogP) is -0.510. The maximum absolute atomic E-state index is 8.72. The first-order chi connectivity index (χ1) is 5.76. The summed E-state index contributed by atoms with van der Waals surface area (Å²) in [5.41, 5.74) is 5.43. The lowest BCUT2D eigenvalue weighted by atomic mass is 10.3. The van der Waals surface area contributed by atoms with Crippen molar-refractivity contribution in [2.24, 2.45) is 0 Å². The van der Waals surface area contributed by atoms with Crippen LogP contribution in [-0.2, 0) is 0 Å². The second kappa shape index (κ2) is 4.24. The molecule has 0 amide bonds. The van der Waals surface area contributed by atoms with Gasteiger partial charge in [0.05, 0.1) is 25.5 Å². The van der Waals surface area contributed by atoms with Gasteiger partial charge in [-0.05, 0) is 0 Å². The molecule has 1 aromatic heterocycles. The fourth-order valence-electron chi connectivity index (χ4n) is 0.677. The van der Waals surface area contributed by atoms with Gasteiger partial charge in [-0.1, -0.05) is 11.3 Å². The number of aliphatic hydroxyl groups excluding tert-OH is 2. The van der Waals surface area contributed by atoms with Crippen LogP contribution in [0.5, 0.6) is 0 Å². The molecule has 1 aromatic rings. The van der Waals surface area contributed by atoms with Crippen LogP contribution >= 0.6 is 11.3 Å². The third-order valence-electron chi connectivity index (χ3n) is 1.29. The zero-order chi connectivity index (χ0) is 8.97. The third-order valence-corrected chi connectivity index (χ3v) is 2.05. The predicted molar refractivity (Wildman–Crippen MR) is 48.1 cm³/mol. The lowest BCUT2D eigenvalue weighted by Crippen LogP contribution is -2.27. The van der Waals surface area contributed by atoms with Crippen molar-refractivity contribution >= 4 is 21.5 Å². The Kier molecular flexibility index (Phi) is 3.27. The minimum atomic E-state index is -0.365. The van der Waals surface area contributed by atoms with E-state index in [-0.39, 0.29) is 19.3 Å². The average Bonchev–Trinajstić information content (AvgIpc) is 2.47. The molecule has 0 unspecified atom stereocenters. The Morgan fingerprint density at radius 1 is 1.58 bits per heavy atom. The van der Waals surface area contributed by atoms with E-state index in [0.29, 0.717) is 10.1 Å². The van der Waals surface area contributed by atoms with Gasteiger partial charge in [0, 0.05) is 0 Å². The van der Waals surface area contributed by atoms with Crippen LogP contribution in [0.4, 0.5) is 10.1 Å². The van der Waals surface area contributed by atoms with Crippen LogP contribution in [-0.4, -0.2) is 34.5 Å². The summed E-state index contributed by atoms with van der Waals surface area (Å²) >= 11 is 1.28. The highest BCUT2D eigenvalue weighted by Gasteiger charge is 2.06. The number of thiazole rings is 1. The van der Waals surface area contributed by atoms with E-state index >= 15 is 0 Å². The molecule has 0 bridgehead atoms. The first-order valence-corrected chi connectivity index (χ1v) is 4.27. The number of nitrogens with two attached hydrogens (primary N) is 1. The molecule has 0 aliphatic carbocycles. The Balaban J connectivity index is 2.50. The van der Waals surface area contributed by atoms with Crippen molar-refractivity contribution in [3.8, 4) is 0 Å². The van der Waals surface area contributed by atoms with E-state index < -0.39 is 0 Å². The first-order valence-electron chi connectivity index (χ1n) is 3.46. The van der Waals surface area contributed by atoms with Crippen LogP contribution in [0.3, 0.4) is 0 Å². The van der Waals surface area contributed by atoms with Gasteiger partial charge >= 0.3 is 0 Å². The van der Waals surface area contributed by atoms with Crippen molar-refractivity contribution in [3.63, 3.8) is 0 Å². The second-order valence-corrected chi connectivity index (χ2v) is 3.34. The Morgan fingerprint density at radius 3 is 2.67 bits per heavy atom. The number of hydrogen-bond donors (Lipinski definition) is 4. The van der Waals surface area contributed by atoms with Gasteiger partial charge in [0.2, 0.25) is 0 Å². The van der Waals surface area contributed by atoms with E-state index in [4.69, 9.17) is 15.9 Å². The summed E-state index contributed by atoms with van der Waals surface area (Å²) in [4.78, 5) is 3.91.